The molecule has 2 aromatic heterocycles. The normalized spacial score (nSPS) is 30.5. The van der Waals surface area contributed by atoms with Crippen molar-refractivity contribution in [3.05, 3.63) is 88.9 Å². The van der Waals surface area contributed by atoms with Crippen LogP contribution in [0.15, 0.2) is 77.0 Å². The number of pyridine rings is 1. The van der Waals surface area contributed by atoms with Crippen LogP contribution in [0.4, 0.5) is 18.9 Å². The number of sulfone groups is 1. The van der Waals surface area contributed by atoms with Gasteiger partial charge in [0.25, 0.3) is 11.1 Å². The fourth-order valence-corrected chi connectivity index (χ4v) is 9.26. The Labute approximate surface area is 245 Å². The van der Waals surface area contributed by atoms with Gasteiger partial charge in [0.2, 0.25) is 9.84 Å². The number of aryl methyl sites for hydroxylation is 1. The predicted molar refractivity (Wildman–Crippen MR) is 148 cm³/mol. The first-order chi connectivity index (χ1) is 20.4. The van der Waals surface area contributed by atoms with Gasteiger partial charge in [-0.1, -0.05) is 5.57 Å². The molecule has 0 saturated heterocycles. The average Bonchev–Trinajstić information content (AvgIpc) is 3.43. The van der Waals surface area contributed by atoms with Gasteiger partial charge in [-0.25, -0.2) is 32.0 Å². The molecule has 2 unspecified atom stereocenters. The monoisotopic (exact) mass is 608 g/mol. The van der Waals surface area contributed by atoms with Crippen molar-refractivity contribution in [1.29, 1.82) is 0 Å². The second-order valence-electron chi connectivity index (χ2n) is 12.4. The highest BCUT2D eigenvalue weighted by atomic mass is 32.2. The van der Waals surface area contributed by atoms with Crippen LogP contribution in [0.2, 0.25) is 0 Å². The number of alkyl halides is 2. The maximum Gasteiger partial charge on any atom is 0.278 e. The van der Waals surface area contributed by atoms with Gasteiger partial charge in [-0.2, -0.15) is 0 Å². The topological polar surface area (TPSA) is 110 Å². The first-order valence-electron chi connectivity index (χ1n) is 14.2. The van der Waals surface area contributed by atoms with Crippen molar-refractivity contribution in [2.45, 2.75) is 48.7 Å². The van der Waals surface area contributed by atoms with Crippen LogP contribution in [0.1, 0.15) is 48.2 Å². The number of ketones is 1. The molecule has 222 valence electrons. The zero-order chi connectivity index (χ0) is 29.9. The Morgan fingerprint density at radius 3 is 2.65 bits per heavy atom. The van der Waals surface area contributed by atoms with Gasteiger partial charge in [-0.05, 0) is 86.1 Å². The molecule has 5 aliphatic rings. The molecule has 1 aliphatic heterocycles. The standard InChI is InChI=1S/C30H27F3N6O3S/c1-38-16-35-27(36-38)43(41,42)15-17-2-3-18-11-24-22-13-28(18,12-17)26(40)23-10-19(8-9-34-23)30(32,33)25-14-29(22,25)37-39(24)21-6-4-20(31)5-7-21/h4-11,16-17,25,37H,2-3,12-15H2,1H3/t17?,25?,28-,29+/m1/s1. The summed E-state index contributed by atoms with van der Waals surface area (Å²) in [6.07, 6.45) is 5.97. The van der Waals surface area contributed by atoms with Gasteiger partial charge >= 0.3 is 0 Å². The van der Waals surface area contributed by atoms with Gasteiger partial charge in [0.05, 0.1) is 34.0 Å². The van der Waals surface area contributed by atoms with E-state index < -0.39 is 44.4 Å². The number of hydrogen-bond acceptors (Lipinski definition) is 8. The number of anilines is 1. The zero-order valence-electron chi connectivity index (χ0n) is 23.1. The summed E-state index contributed by atoms with van der Waals surface area (Å²) in [5.41, 5.74) is 3.58. The lowest BCUT2D eigenvalue weighted by atomic mass is 9.58. The van der Waals surface area contributed by atoms with Gasteiger partial charge < -0.3 is 0 Å². The average molecular weight is 609 g/mol. The van der Waals surface area contributed by atoms with E-state index in [0.29, 0.717) is 29.8 Å². The van der Waals surface area contributed by atoms with Crippen LogP contribution in [0.5, 0.6) is 0 Å². The lowest BCUT2D eigenvalue weighted by Crippen LogP contribution is -2.45. The Bertz CT molecular complexity index is 1890. The third kappa shape index (κ3) is 3.76. The van der Waals surface area contributed by atoms with E-state index >= 15 is 8.78 Å². The zero-order valence-corrected chi connectivity index (χ0v) is 23.9. The Morgan fingerprint density at radius 2 is 1.91 bits per heavy atom. The van der Waals surface area contributed by atoms with Gasteiger partial charge in [0.15, 0.2) is 5.78 Å². The number of nitrogens with one attached hydrogen (secondary N) is 1. The van der Waals surface area contributed by atoms with Crippen molar-refractivity contribution in [3.8, 4) is 0 Å². The Balaban J connectivity index is 1.27. The van der Waals surface area contributed by atoms with E-state index in [0.717, 1.165) is 5.57 Å². The van der Waals surface area contributed by atoms with Crippen molar-refractivity contribution in [3.63, 3.8) is 0 Å². The first kappa shape index (κ1) is 26.8. The number of hydrazine groups is 1. The fraction of sp³-hybridized carbons (Fsp3) is 0.400. The largest absolute Gasteiger partial charge is 0.291 e. The summed E-state index contributed by atoms with van der Waals surface area (Å²) in [6, 6.07) is 8.27. The molecule has 0 amide bonds. The van der Waals surface area contributed by atoms with Gasteiger partial charge in [0.1, 0.15) is 17.8 Å². The minimum Gasteiger partial charge on any atom is -0.291 e. The van der Waals surface area contributed by atoms with E-state index in [1.165, 1.54) is 41.5 Å². The molecule has 13 heteroatoms. The number of allylic oxidation sites excluding steroid dienone is 2. The highest BCUT2D eigenvalue weighted by Gasteiger charge is 2.73. The highest BCUT2D eigenvalue weighted by molar-refractivity contribution is 7.91. The molecule has 2 fully saturated rings. The minimum absolute atomic E-state index is 0.0449. The number of aromatic nitrogens is 4. The smallest absolute Gasteiger partial charge is 0.278 e. The summed E-state index contributed by atoms with van der Waals surface area (Å²) in [4.78, 5) is 22.7. The molecular formula is C30H27F3N6O3S. The molecule has 8 rings (SSSR count). The van der Waals surface area contributed by atoms with Crippen LogP contribution in [0.25, 0.3) is 0 Å². The Hall–Kier alpha value is -3.84. The number of halogens is 3. The molecule has 2 spiro atoms. The van der Waals surface area contributed by atoms with Crippen LogP contribution < -0.4 is 10.4 Å². The van der Waals surface area contributed by atoms with Gasteiger partial charge in [0, 0.05) is 18.8 Å². The van der Waals surface area contributed by atoms with Crippen LogP contribution in [-0.4, -0.2) is 45.2 Å². The van der Waals surface area contributed by atoms with Crippen LogP contribution in [0.3, 0.4) is 0 Å². The van der Waals surface area contributed by atoms with Crippen molar-refractivity contribution < 1.29 is 26.4 Å². The fourth-order valence-electron chi connectivity index (χ4n) is 7.75. The second kappa shape index (κ2) is 8.63. The molecule has 4 atom stereocenters. The second-order valence-corrected chi connectivity index (χ2v) is 14.3. The maximum absolute atomic E-state index is 16.1. The Morgan fingerprint density at radius 1 is 1.12 bits per heavy atom. The van der Waals surface area contributed by atoms with Crippen molar-refractivity contribution in [2.75, 3.05) is 10.8 Å². The number of carbonyl (C=O) groups is 1. The number of Topliss-reactive ketones (excluding diaryl/α,β-unsaturated/α-hetero) is 1. The molecule has 3 aromatic rings. The quantitative estimate of drug-likeness (QED) is 0.468. The molecule has 2 saturated carbocycles. The van der Waals surface area contributed by atoms with Gasteiger partial charge in [-0.15, -0.1) is 5.10 Å². The summed E-state index contributed by atoms with van der Waals surface area (Å²) in [5.74, 6) is -5.74. The molecule has 3 heterocycles. The molecule has 9 nitrogen and oxygen atoms in total. The highest BCUT2D eigenvalue weighted by Crippen LogP contribution is 2.67. The number of hydrogen-bond donors (Lipinski definition) is 1. The van der Waals surface area contributed by atoms with Crippen molar-refractivity contribution in [2.24, 2.45) is 24.3 Å². The molecule has 1 N–H and O–H groups in total. The molecule has 1 aromatic carbocycles. The van der Waals surface area contributed by atoms with E-state index in [9.17, 15) is 17.6 Å². The molecule has 43 heavy (non-hydrogen) atoms. The molecule has 4 bridgehead atoms. The summed E-state index contributed by atoms with van der Waals surface area (Å²) in [5, 5.41) is 5.46. The van der Waals surface area contributed by atoms with Crippen molar-refractivity contribution in [1.82, 2.24) is 25.2 Å². The lowest BCUT2D eigenvalue weighted by molar-refractivity contribution is -0.0360. The van der Waals surface area contributed by atoms with E-state index in [2.05, 4.69) is 20.5 Å². The van der Waals surface area contributed by atoms with Crippen molar-refractivity contribution >= 4 is 21.3 Å². The van der Waals surface area contributed by atoms with E-state index in [1.54, 1.807) is 24.2 Å². The summed E-state index contributed by atoms with van der Waals surface area (Å²) >= 11 is 0. The number of rotatable bonds is 4. The number of nitrogens with zero attached hydrogens (tertiary/aromatic N) is 5. The summed E-state index contributed by atoms with van der Waals surface area (Å²) < 4.78 is 73.8. The number of benzene rings is 1. The van der Waals surface area contributed by atoms with Crippen LogP contribution >= 0.6 is 0 Å². The summed E-state index contributed by atoms with van der Waals surface area (Å²) in [6.45, 7) is 0. The number of carbonyl (C=O) groups excluding carboxylic acids is 1. The lowest BCUT2D eigenvalue weighted by Gasteiger charge is -2.45. The Kier molecular flexibility index (Phi) is 5.37. The minimum atomic E-state index is -3.84. The number of fused-ring (bicyclic) bond motifs is 2. The predicted octanol–water partition coefficient (Wildman–Crippen LogP) is 4.27. The molecule has 4 aliphatic carbocycles. The third-order valence-corrected chi connectivity index (χ3v) is 11.5. The van der Waals surface area contributed by atoms with E-state index in [-0.39, 0.29) is 47.2 Å². The molecular weight excluding hydrogens is 581 g/mol. The third-order valence-electron chi connectivity index (χ3n) is 9.87. The first-order valence-corrected chi connectivity index (χ1v) is 15.8. The van der Waals surface area contributed by atoms with Crippen LogP contribution in [-0.2, 0) is 22.8 Å². The van der Waals surface area contributed by atoms with Crippen LogP contribution in [0, 0.1) is 23.1 Å². The SMILES string of the molecule is Cn1cnc(S(=O)(=O)CC2CCC3=CC4=C5C[C@@]3(C2)C(=O)c2cc(ccn2)C(F)(F)C2C[C@]52NN4c2ccc(F)cc2)n1. The van der Waals surface area contributed by atoms with E-state index in [4.69, 9.17) is 0 Å². The molecule has 0 radical (unpaired) electrons. The summed E-state index contributed by atoms with van der Waals surface area (Å²) in [7, 11) is -2.25. The van der Waals surface area contributed by atoms with Gasteiger partial charge in [-0.3, -0.25) is 19.5 Å². The maximum atomic E-state index is 16.1. The van der Waals surface area contributed by atoms with E-state index in [1.807, 2.05) is 6.08 Å².